The second-order valence-electron chi connectivity index (χ2n) is 7.36. The molecule has 1 spiro atoms. The predicted molar refractivity (Wildman–Crippen MR) is 92.4 cm³/mol. The van der Waals surface area contributed by atoms with Crippen LogP contribution >= 0.6 is 0 Å². The van der Waals surface area contributed by atoms with Crippen LogP contribution in [0.15, 0.2) is 16.5 Å². The second-order valence-corrected chi connectivity index (χ2v) is 7.36. The summed E-state index contributed by atoms with van der Waals surface area (Å²) >= 11 is 0. The molecular weight excluding hydrogens is 338 g/mol. The molecule has 26 heavy (non-hydrogen) atoms. The molecule has 0 atom stereocenters. The first-order valence-corrected chi connectivity index (χ1v) is 8.88. The summed E-state index contributed by atoms with van der Waals surface area (Å²) in [5, 5.41) is 2.88. The second kappa shape index (κ2) is 7.11. The van der Waals surface area contributed by atoms with E-state index < -0.39 is 17.5 Å². The summed E-state index contributed by atoms with van der Waals surface area (Å²) in [7, 11) is 1.26. The normalized spacial score (nSPS) is 20.1. The van der Waals surface area contributed by atoms with Gasteiger partial charge >= 0.3 is 12.0 Å². The molecule has 1 N–H and O–H groups in total. The minimum atomic E-state index is -0.817. The molecule has 8 nitrogen and oxygen atoms in total. The average Bonchev–Trinajstić information content (AvgIpc) is 3.16. The molecule has 0 radical (unpaired) electrons. The van der Waals surface area contributed by atoms with E-state index in [4.69, 9.17) is 4.42 Å². The lowest BCUT2D eigenvalue weighted by Crippen LogP contribution is -2.55. The van der Waals surface area contributed by atoms with Crippen LogP contribution in [0.4, 0.5) is 4.79 Å². The molecule has 2 aliphatic rings. The smallest absolute Gasteiger partial charge is 0.373 e. The predicted octanol–water partition coefficient (Wildman–Crippen LogP) is 1.61. The fraction of sp³-hybridized carbons (Fsp3) is 0.611. The third-order valence-electron chi connectivity index (χ3n) is 4.94. The Morgan fingerprint density at radius 1 is 1.31 bits per heavy atom. The van der Waals surface area contributed by atoms with Crippen LogP contribution in [-0.4, -0.2) is 60.0 Å². The molecule has 2 aliphatic heterocycles. The number of urea groups is 1. The Kier molecular flexibility index (Phi) is 5.04. The SMILES string of the molecule is COC(=O)c1ccc(CN2C(=O)NC3(CCN(CC(C)C)CC3)C2=O)o1. The van der Waals surface area contributed by atoms with Crippen LogP contribution in [0.2, 0.25) is 0 Å². The summed E-state index contributed by atoms with van der Waals surface area (Å²) in [4.78, 5) is 40.2. The first kappa shape index (κ1) is 18.4. The lowest BCUT2D eigenvalue weighted by atomic mass is 9.87. The number of likely N-dealkylation sites (tertiary alicyclic amines) is 1. The van der Waals surface area contributed by atoms with Crippen LogP contribution in [0.25, 0.3) is 0 Å². The molecule has 0 saturated carbocycles. The van der Waals surface area contributed by atoms with Gasteiger partial charge in [-0.15, -0.1) is 0 Å². The van der Waals surface area contributed by atoms with Gasteiger partial charge in [0.25, 0.3) is 5.91 Å². The molecule has 3 amide bonds. The topological polar surface area (TPSA) is 92.1 Å². The molecule has 0 aliphatic carbocycles. The van der Waals surface area contributed by atoms with Gasteiger partial charge in [0.15, 0.2) is 0 Å². The van der Waals surface area contributed by atoms with Crippen LogP contribution in [0.1, 0.15) is 43.0 Å². The fourth-order valence-electron chi connectivity index (χ4n) is 3.62. The zero-order valence-corrected chi connectivity index (χ0v) is 15.4. The van der Waals surface area contributed by atoms with Crippen LogP contribution in [0.3, 0.4) is 0 Å². The maximum absolute atomic E-state index is 12.9. The quantitative estimate of drug-likeness (QED) is 0.631. The van der Waals surface area contributed by atoms with Crippen LogP contribution < -0.4 is 5.32 Å². The van der Waals surface area contributed by atoms with E-state index >= 15 is 0 Å². The number of furan rings is 1. The highest BCUT2D eigenvalue weighted by Crippen LogP contribution is 2.30. The Morgan fingerprint density at radius 3 is 2.62 bits per heavy atom. The molecule has 0 unspecified atom stereocenters. The van der Waals surface area contributed by atoms with Gasteiger partial charge in [-0.05, 0) is 30.9 Å². The maximum atomic E-state index is 12.9. The van der Waals surface area contributed by atoms with Crippen LogP contribution in [-0.2, 0) is 16.1 Å². The van der Waals surface area contributed by atoms with E-state index in [-0.39, 0.29) is 18.2 Å². The lowest BCUT2D eigenvalue weighted by molar-refractivity contribution is -0.133. The summed E-state index contributed by atoms with van der Waals surface area (Å²) in [5.74, 6) is 0.164. The van der Waals surface area contributed by atoms with Gasteiger partial charge in [0.2, 0.25) is 5.76 Å². The first-order valence-electron chi connectivity index (χ1n) is 8.88. The molecule has 0 bridgehead atoms. The van der Waals surface area contributed by atoms with Crippen molar-refractivity contribution in [3.8, 4) is 0 Å². The van der Waals surface area contributed by atoms with E-state index in [9.17, 15) is 14.4 Å². The molecule has 142 valence electrons. The summed E-state index contributed by atoms with van der Waals surface area (Å²) in [5.41, 5.74) is -0.817. The van der Waals surface area contributed by atoms with Crippen molar-refractivity contribution in [1.82, 2.24) is 15.1 Å². The number of methoxy groups -OCH3 is 1. The van der Waals surface area contributed by atoms with Gasteiger partial charge in [0, 0.05) is 19.6 Å². The number of imide groups is 1. The number of nitrogens with one attached hydrogen (secondary N) is 1. The van der Waals surface area contributed by atoms with E-state index in [0.717, 1.165) is 24.5 Å². The fourth-order valence-corrected chi connectivity index (χ4v) is 3.62. The van der Waals surface area contributed by atoms with Crippen molar-refractivity contribution in [3.05, 3.63) is 23.7 Å². The molecular formula is C18H25N3O5. The lowest BCUT2D eigenvalue weighted by Gasteiger charge is -2.37. The number of rotatable bonds is 5. The minimum absolute atomic E-state index is 0.000874. The van der Waals surface area contributed by atoms with E-state index in [1.807, 2.05) is 0 Å². The number of hydrogen-bond acceptors (Lipinski definition) is 6. The molecule has 2 fully saturated rings. The van der Waals surface area contributed by atoms with Gasteiger partial charge < -0.3 is 19.4 Å². The molecule has 3 rings (SSSR count). The van der Waals surface area contributed by atoms with Gasteiger partial charge in [-0.2, -0.15) is 0 Å². The largest absolute Gasteiger partial charge is 0.463 e. The molecule has 1 aromatic heterocycles. The first-order chi connectivity index (χ1) is 12.3. The summed E-state index contributed by atoms with van der Waals surface area (Å²) in [6, 6.07) is 2.63. The van der Waals surface area contributed by atoms with Crippen LogP contribution in [0, 0.1) is 5.92 Å². The number of amides is 3. The highest BCUT2D eigenvalue weighted by Gasteiger charge is 2.52. The Labute approximate surface area is 152 Å². The Morgan fingerprint density at radius 2 is 2.00 bits per heavy atom. The van der Waals surface area contributed by atoms with Gasteiger partial charge in [-0.1, -0.05) is 13.8 Å². The van der Waals surface area contributed by atoms with Crippen molar-refractivity contribution in [2.75, 3.05) is 26.7 Å². The van der Waals surface area contributed by atoms with Crippen molar-refractivity contribution in [2.24, 2.45) is 5.92 Å². The summed E-state index contributed by atoms with van der Waals surface area (Å²) in [6.07, 6.45) is 1.21. The third-order valence-corrected chi connectivity index (χ3v) is 4.94. The summed E-state index contributed by atoms with van der Waals surface area (Å²) < 4.78 is 9.97. The minimum Gasteiger partial charge on any atom is -0.463 e. The van der Waals surface area contributed by atoms with Crippen molar-refractivity contribution >= 4 is 17.9 Å². The maximum Gasteiger partial charge on any atom is 0.373 e. The number of piperidine rings is 1. The van der Waals surface area contributed by atoms with E-state index in [1.54, 1.807) is 6.07 Å². The molecule has 0 aromatic carbocycles. The van der Waals surface area contributed by atoms with Gasteiger partial charge in [-0.3, -0.25) is 9.69 Å². The van der Waals surface area contributed by atoms with E-state index in [2.05, 4.69) is 28.8 Å². The number of carbonyl (C=O) groups excluding carboxylic acids is 3. The van der Waals surface area contributed by atoms with Gasteiger partial charge in [0.1, 0.15) is 11.3 Å². The van der Waals surface area contributed by atoms with Crippen molar-refractivity contribution < 1.29 is 23.5 Å². The van der Waals surface area contributed by atoms with Crippen molar-refractivity contribution in [3.63, 3.8) is 0 Å². The van der Waals surface area contributed by atoms with Gasteiger partial charge in [-0.25, -0.2) is 9.59 Å². The Bertz CT molecular complexity index is 703. The number of carbonyl (C=O) groups is 3. The molecule has 8 heteroatoms. The Balaban J connectivity index is 1.66. The zero-order valence-electron chi connectivity index (χ0n) is 15.4. The van der Waals surface area contributed by atoms with E-state index in [1.165, 1.54) is 13.2 Å². The van der Waals surface area contributed by atoms with Crippen LogP contribution in [0.5, 0.6) is 0 Å². The Hall–Kier alpha value is -2.35. The molecule has 1 aromatic rings. The average molecular weight is 363 g/mol. The number of esters is 1. The highest BCUT2D eigenvalue weighted by molar-refractivity contribution is 6.07. The third kappa shape index (κ3) is 3.46. The van der Waals surface area contributed by atoms with E-state index in [0.29, 0.717) is 24.5 Å². The summed E-state index contributed by atoms with van der Waals surface area (Å²) in [6.45, 7) is 6.89. The molecule has 2 saturated heterocycles. The van der Waals surface area contributed by atoms with Crippen molar-refractivity contribution in [2.45, 2.75) is 38.8 Å². The van der Waals surface area contributed by atoms with Gasteiger partial charge in [0.05, 0.1) is 13.7 Å². The molecule has 3 heterocycles. The monoisotopic (exact) mass is 363 g/mol. The van der Waals surface area contributed by atoms with Crippen molar-refractivity contribution in [1.29, 1.82) is 0 Å². The zero-order chi connectivity index (χ0) is 18.9. The number of hydrogen-bond donors (Lipinski definition) is 1. The number of ether oxygens (including phenoxy) is 1. The standard InChI is InChI=1S/C18H25N3O5/c1-12(2)10-20-8-6-18(7-9-20)16(23)21(17(24)19-18)11-13-4-5-14(26-13)15(22)25-3/h4-5,12H,6-11H2,1-3H3,(H,19,24). The number of nitrogens with zero attached hydrogens (tertiary/aromatic N) is 2. The highest BCUT2D eigenvalue weighted by atomic mass is 16.5.